The number of hydrogen-bond donors (Lipinski definition) is 0. The van der Waals surface area contributed by atoms with Crippen molar-refractivity contribution in [3.8, 4) is 0 Å². The van der Waals surface area contributed by atoms with E-state index in [0.717, 1.165) is 12.1 Å². The summed E-state index contributed by atoms with van der Waals surface area (Å²) in [4.78, 5) is 13.3. The first kappa shape index (κ1) is 19.5. The number of hydrogen-bond acceptors (Lipinski definition) is 4. The van der Waals surface area contributed by atoms with E-state index in [1.807, 2.05) is 0 Å². The fourth-order valence-corrected chi connectivity index (χ4v) is 3.83. The van der Waals surface area contributed by atoms with Crippen molar-refractivity contribution in [1.82, 2.24) is 4.90 Å². The number of amides is 1. The minimum Gasteiger partial charge on any atom is -0.370 e. The van der Waals surface area contributed by atoms with Gasteiger partial charge in [-0.3, -0.25) is 4.79 Å². The zero-order valence-corrected chi connectivity index (χ0v) is 14.5. The summed E-state index contributed by atoms with van der Waals surface area (Å²) in [5, 5.41) is 0. The van der Waals surface area contributed by atoms with Crippen molar-refractivity contribution >= 4 is 21.4 Å². The van der Waals surface area contributed by atoms with Crippen LogP contribution in [-0.2, 0) is 14.6 Å². The SMILES string of the molecule is CC(=O)N(C)C1CCN(c2ccc(F)cc2S(=O)(=O)C(F)(F)F)CC1. The van der Waals surface area contributed by atoms with Gasteiger partial charge in [0.25, 0.3) is 9.84 Å². The molecule has 2 rings (SSSR count). The second kappa shape index (κ2) is 6.81. The first-order valence-corrected chi connectivity index (χ1v) is 9.02. The molecule has 10 heteroatoms. The molecule has 0 bridgehead atoms. The lowest BCUT2D eigenvalue weighted by Crippen LogP contribution is -2.45. The van der Waals surface area contributed by atoms with Gasteiger partial charge in [0, 0.05) is 33.1 Å². The van der Waals surface area contributed by atoms with E-state index in [0.29, 0.717) is 18.9 Å². The molecule has 0 spiro atoms. The Kier molecular flexibility index (Phi) is 5.31. The second-order valence-electron chi connectivity index (χ2n) is 5.91. The van der Waals surface area contributed by atoms with Gasteiger partial charge >= 0.3 is 5.51 Å². The molecule has 0 atom stereocenters. The maximum absolute atomic E-state index is 13.4. The van der Waals surface area contributed by atoms with Crippen LogP contribution >= 0.6 is 0 Å². The third-order valence-electron chi connectivity index (χ3n) is 4.37. The highest BCUT2D eigenvalue weighted by atomic mass is 32.2. The summed E-state index contributed by atoms with van der Waals surface area (Å²) in [6, 6.07) is 2.30. The molecule has 1 aromatic rings. The van der Waals surface area contributed by atoms with Crippen molar-refractivity contribution in [3.05, 3.63) is 24.0 Å². The Morgan fingerprint density at radius 3 is 2.28 bits per heavy atom. The summed E-state index contributed by atoms with van der Waals surface area (Å²) in [5.41, 5.74) is -5.69. The molecule has 1 amide bonds. The summed E-state index contributed by atoms with van der Waals surface area (Å²) >= 11 is 0. The van der Waals surface area contributed by atoms with E-state index in [1.165, 1.54) is 11.8 Å². The highest BCUT2D eigenvalue weighted by molar-refractivity contribution is 7.92. The number of benzene rings is 1. The lowest BCUT2D eigenvalue weighted by atomic mass is 10.0. The molecule has 0 radical (unpaired) electrons. The Morgan fingerprint density at radius 1 is 1.24 bits per heavy atom. The highest BCUT2D eigenvalue weighted by Gasteiger charge is 2.48. The Morgan fingerprint density at radius 2 is 1.80 bits per heavy atom. The molecule has 5 nitrogen and oxygen atoms in total. The Labute approximate surface area is 143 Å². The van der Waals surface area contributed by atoms with Crippen LogP contribution in [0, 0.1) is 5.82 Å². The molecular weight excluding hydrogens is 364 g/mol. The molecule has 1 heterocycles. The van der Waals surface area contributed by atoms with Gasteiger partial charge in [-0.2, -0.15) is 13.2 Å². The zero-order valence-electron chi connectivity index (χ0n) is 13.7. The summed E-state index contributed by atoms with van der Waals surface area (Å²) in [7, 11) is -4.03. The highest BCUT2D eigenvalue weighted by Crippen LogP contribution is 2.37. The molecule has 0 aromatic heterocycles. The predicted octanol–water partition coefficient (Wildman–Crippen LogP) is 2.57. The number of halogens is 4. The van der Waals surface area contributed by atoms with Gasteiger partial charge in [0.15, 0.2) is 0 Å². The van der Waals surface area contributed by atoms with Gasteiger partial charge in [-0.25, -0.2) is 12.8 Å². The van der Waals surface area contributed by atoms with Crippen molar-refractivity contribution in [3.63, 3.8) is 0 Å². The van der Waals surface area contributed by atoms with Crippen LogP contribution in [0.3, 0.4) is 0 Å². The van der Waals surface area contributed by atoms with Crippen molar-refractivity contribution < 1.29 is 30.8 Å². The standard InChI is InChI=1S/C15H18F4N2O3S/c1-10(22)20(2)12-5-7-21(8-6-12)13-4-3-11(16)9-14(13)25(23,24)15(17,18)19/h3-4,9,12H,5-8H2,1-2H3. The van der Waals surface area contributed by atoms with Crippen LogP contribution in [0.4, 0.5) is 23.2 Å². The lowest BCUT2D eigenvalue weighted by molar-refractivity contribution is -0.129. The van der Waals surface area contributed by atoms with E-state index in [4.69, 9.17) is 0 Å². The van der Waals surface area contributed by atoms with E-state index < -0.39 is 26.1 Å². The third kappa shape index (κ3) is 3.88. The number of carbonyl (C=O) groups is 1. The van der Waals surface area contributed by atoms with Gasteiger partial charge in [0.05, 0.1) is 5.69 Å². The Hall–Kier alpha value is -1.84. The number of sulfone groups is 1. The van der Waals surface area contributed by atoms with Crippen LogP contribution in [0.25, 0.3) is 0 Å². The molecule has 0 unspecified atom stereocenters. The summed E-state index contributed by atoms with van der Waals surface area (Å²) in [5.74, 6) is -1.18. The van der Waals surface area contributed by atoms with Gasteiger partial charge in [0.1, 0.15) is 10.7 Å². The fraction of sp³-hybridized carbons (Fsp3) is 0.533. The topological polar surface area (TPSA) is 57.7 Å². The summed E-state index contributed by atoms with van der Waals surface area (Å²) < 4.78 is 75.6. The van der Waals surface area contributed by atoms with E-state index >= 15 is 0 Å². The Bertz CT molecular complexity index is 757. The maximum Gasteiger partial charge on any atom is 0.501 e. The molecule has 0 N–H and O–H groups in total. The van der Waals surface area contributed by atoms with Crippen molar-refractivity contribution in [2.24, 2.45) is 0 Å². The number of rotatable bonds is 3. The normalized spacial score (nSPS) is 16.8. The van der Waals surface area contributed by atoms with Gasteiger partial charge in [-0.1, -0.05) is 0 Å². The molecular formula is C15H18F4N2O3S. The lowest BCUT2D eigenvalue weighted by Gasteiger charge is -2.38. The average Bonchev–Trinajstić information content (AvgIpc) is 2.53. The predicted molar refractivity (Wildman–Crippen MR) is 83.3 cm³/mol. The third-order valence-corrected chi connectivity index (χ3v) is 5.88. The molecule has 1 fully saturated rings. The van der Waals surface area contributed by atoms with Gasteiger partial charge < -0.3 is 9.80 Å². The van der Waals surface area contributed by atoms with E-state index in [2.05, 4.69) is 0 Å². The van der Waals surface area contributed by atoms with Crippen molar-refractivity contribution in [1.29, 1.82) is 0 Å². The molecule has 0 aliphatic carbocycles. The fourth-order valence-electron chi connectivity index (χ4n) is 2.84. The summed E-state index contributed by atoms with van der Waals surface area (Å²) in [6.45, 7) is 1.93. The molecule has 140 valence electrons. The van der Waals surface area contributed by atoms with Gasteiger partial charge in [-0.15, -0.1) is 0 Å². The number of nitrogens with zero attached hydrogens (tertiary/aromatic N) is 2. The van der Waals surface area contributed by atoms with Crippen LogP contribution in [-0.4, -0.2) is 50.9 Å². The van der Waals surface area contributed by atoms with Crippen LogP contribution in [0.5, 0.6) is 0 Å². The van der Waals surface area contributed by atoms with Crippen molar-refractivity contribution in [2.45, 2.75) is 36.2 Å². The largest absolute Gasteiger partial charge is 0.501 e. The molecule has 1 aliphatic heterocycles. The average molecular weight is 382 g/mol. The molecule has 1 aliphatic rings. The Balaban J connectivity index is 2.32. The maximum atomic E-state index is 13.4. The number of piperidine rings is 1. The number of alkyl halides is 3. The monoisotopic (exact) mass is 382 g/mol. The number of carbonyl (C=O) groups excluding carboxylic acids is 1. The first-order valence-electron chi connectivity index (χ1n) is 7.54. The first-order chi connectivity index (χ1) is 11.4. The van der Waals surface area contributed by atoms with E-state index in [1.54, 1.807) is 11.9 Å². The minimum absolute atomic E-state index is 0.0723. The molecule has 1 aromatic carbocycles. The van der Waals surface area contributed by atoms with Crippen LogP contribution in [0.2, 0.25) is 0 Å². The van der Waals surface area contributed by atoms with Gasteiger partial charge in [0.2, 0.25) is 5.91 Å². The van der Waals surface area contributed by atoms with E-state index in [9.17, 15) is 30.8 Å². The van der Waals surface area contributed by atoms with E-state index in [-0.39, 0.29) is 30.7 Å². The van der Waals surface area contributed by atoms with Gasteiger partial charge in [-0.05, 0) is 31.0 Å². The minimum atomic E-state index is -5.67. The number of anilines is 1. The van der Waals surface area contributed by atoms with Crippen LogP contribution in [0.15, 0.2) is 23.1 Å². The quantitative estimate of drug-likeness (QED) is 0.754. The zero-order chi connectivity index (χ0) is 19.0. The summed E-state index contributed by atoms with van der Waals surface area (Å²) in [6.07, 6.45) is 0.942. The smallest absolute Gasteiger partial charge is 0.370 e. The van der Waals surface area contributed by atoms with Crippen LogP contribution in [0.1, 0.15) is 19.8 Å². The molecule has 0 saturated carbocycles. The second-order valence-corrected chi connectivity index (χ2v) is 7.82. The van der Waals surface area contributed by atoms with Crippen LogP contribution < -0.4 is 4.90 Å². The molecule has 25 heavy (non-hydrogen) atoms. The molecule has 1 saturated heterocycles. The van der Waals surface area contributed by atoms with Crippen molar-refractivity contribution in [2.75, 3.05) is 25.0 Å².